The van der Waals surface area contributed by atoms with Crippen LogP contribution in [0.3, 0.4) is 0 Å². The van der Waals surface area contributed by atoms with Gasteiger partial charge in [0.2, 0.25) is 5.91 Å². The maximum absolute atomic E-state index is 12.2. The summed E-state index contributed by atoms with van der Waals surface area (Å²) in [7, 11) is 3.45. The third-order valence-electron chi connectivity index (χ3n) is 2.96. The van der Waals surface area contributed by atoms with Crippen LogP contribution < -0.4 is 4.74 Å². The molecule has 0 saturated heterocycles. The number of para-hydroxylation sites is 1. The van der Waals surface area contributed by atoms with Crippen LogP contribution in [0.2, 0.25) is 0 Å². The van der Waals surface area contributed by atoms with E-state index >= 15 is 0 Å². The van der Waals surface area contributed by atoms with Gasteiger partial charge >= 0.3 is 0 Å². The van der Waals surface area contributed by atoms with Gasteiger partial charge in [-0.3, -0.25) is 4.79 Å². The predicted octanol–water partition coefficient (Wildman–Crippen LogP) is 2.96. The highest BCUT2D eigenvalue weighted by Gasteiger charge is 2.12. The lowest BCUT2D eigenvalue weighted by Crippen LogP contribution is -2.27. The largest absolute Gasteiger partial charge is 0.496 e. The minimum Gasteiger partial charge on any atom is -0.496 e. The van der Waals surface area contributed by atoms with Crippen LogP contribution in [0.25, 0.3) is 0 Å². The summed E-state index contributed by atoms with van der Waals surface area (Å²) in [5, 5.41) is 4.08. The Morgan fingerprint density at radius 1 is 1.32 bits per heavy atom. The summed E-state index contributed by atoms with van der Waals surface area (Å²) < 4.78 is 5.26. The van der Waals surface area contributed by atoms with Crippen molar-refractivity contribution in [1.29, 1.82) is 0 Å². The molecule has 1 amide bonds. The van der Waals surface area contributed by atoms with Crippen LogP contribution in [-0.4, -0.2) is 25.0 Å². The highest BCUT2D eigenvalue weighted by molar-refractivity contribution is 7.07. The third kappa shape index (κ3) is 3.58. The molecule has 0 N–H and O–H groups in total. The first kappa shape index (κ1) is 13.6. The summed E-state index contributed by atoms with van der Waals surface area (Å²) in [5.74, 6) is 0.857. The van der Waals surface area contributed by atoms with Crippen molar-refractivity contribution in [3.05, 3.63) is 52.2 Å². The summed E-state index contributed by atoms with van der Waals surface area (Å²) in [4.78, 5) is 13.9. The molecule has 0 fully saturated rings. The SMILES string of the molecule is COc1ccccc1CC(=O)N(C)Cc1ccsc1. The molecule has 2 rings (SSSR count). The summed E-state index contributed by atoms with van der Waals surface area (Å²) in [6.45, 7) is 0.650. The third-order valence-corrected chi connectivity index (χ3v) is 3.69. The fourth-order valence-electron chi connectivity index (χ4n) is 1.89. The molecule has 1 aromatic carbocycles. The number of hydrogen-bond acceptors (Lipinski definition) is 3. The van der Waals surface area contributed by atoms with E-state index in [4.69, 9.17) is 4.74 Å². The van der Waals surface area contributed by atoms with Gasteiger partial charge in [0.25, 0.3) is 0 Å². The van der Waals surface area contributed by atoms with E-state index in [1.54, 1.807) is 23.3 Å². The van der Waals surface area contributed by atoms with Crippen molar-refractivity contribution in [2.75, 3.05) is 14.2 Å². The number of thiophene rings is 1. The Bertz CT molecular complexity index is 537. The lowest BCUT2D eigenvalue weighted by Gasteiger charge is -2.17. The molecule has 1 heterocycles. The molecule has 19 heavy (non-hydrogen) atoms. The van der Waals surface area contributed by atoms with Crippen LogP contribution in [0.15, 0.2) is 41.1 Å². The van der Waals surface area contributed by atoms with Gasteiger partial charge in [-0.1, -0.05) is 18.2 Å². The second kappa shape index (κ2) is 6.38. The van der Waals surface area contributed by atoms with Crippen molar-refractivity contribution in [3.63, 3.8) is 0 Å². The normalized spacial score (nSPS) is 10.2. The Morgan fingerprint density at radius 3 is 2.79 bits per heavy atom. The monoisotopic (exact) mass is 275 g/mol. The number of benzene rings is 1. The van der Waals surface area contributed by atoms with Gasteiger partial charge in [0.05, 0.1) is 13.5 Å². The van der Waals surface area contributed by atoms with Gasteiger partial charge in [-0.25, -0.2) is 0 Å². The molecule has 0 bridgehead atoms. The van der Waals surface area contributed by atoms with Crippen LogP contribution >= 0.6 is 11.3 Å². The number of rotatable bonds is 5. The van der Waals surface area contributed by atoms with Gasteiger partial charge in [0.1, 0.15) is 5.75 Å². The number of amides is 1. The molecule has 4 heteroatoms. The lowest BCUT2D eigenvalue weighted by molar-refractivity contribution is -0.129. The van der Waals surface area contributed by atoms with Gasteiger partial charge < -0.3 is 9.64 Å². The van der Waals surface area contributed by atoms with Crippen LogP contribution in [0.4, 0.5) is 0 Å². The first-order valence-corrected chi connectivity index (χ1v) is 7.02. The summed E-state index contributed by atoms with van der Waals surface area (Å²) in [5.41, 5.74) is 2.09. The van der Waals surface area contributed by atoms with Crippen LogP contribution in [0, 0.1) is 0 Å². The average molecular weight is 275 g/mol. The topological polar surface area (TPSA) is 29.5 Å². The molecule has 0 aliphatic carbocycles. The van der Waals surface area contributed by atoms with Gasteiger partial charge in [0.15, 0.2) is 0 Å². The van der Waals surface area contributed by atoms with Crippen molar-refractivity contribution in [1.82, 2.24) is 4.90 Å². The number of ether oxygens (including phenoxy) is 1. The average Bonchev–Trinajstić information content (AvgIpc) is 2.92. The summed E-state index contributed by atoms with van der Waals surface area (Å²) in [6, 6.07) is 9.67. The summed E-state index contributed by atoms with van der Waals surface area (Å²) in [6.07, 6.45) is 0.366. The van der Waals surface area contributed by atoms with E-state index in [9.17, 15) is 4.79 Å². The van der Waals surface area contributed by atoms with Crippen molar-refractivity contribution >= 4 is 17.2 Å². The lowest BCUT2D eigenvalue weighted by atomic mass is 10.1. The van der Waals surface area contributed by atoms with Crippen molar-refractivity contribution < 1.29 is 9.53 Å². The van der Waals surface area contributed by atoms with Gasteiger partial charge in [-0.15, -0.1) is 0 Å². The second-order valence-electron chi connectivity index (χ2n) is 4.37. The molecule has 2 aromatic rings. The molecule has 1 aromatic heterocycles. The van der Waals surface area contributed by atoms with Gasteiger partial charge in [0, 0.05) is 19.2 Å². The zero-order valence-electron chi connectivity index (χ0n) is 11.1. The fourth-order valence-corrected chi connectivity index (χ4v) is 2.55. The first-order chi connectivity index (χ1) is 9.20. The van der Waals surface area contributed by atoms with Crippen LogP contribution in [-0.2, 0) is 17.8 Å². The minimum absolute atomic E-state index is 0.0932. The number of nitrogens with zero attached hydrogens (tertiary/aromatic N) is 1. The number of methoxy groups -OCH3 is 1. The molecule has 0 spiro atoms. The van der Waals surface area contributed by atoms with Crippen molar-refractivity contribution in [2.24, 2.45) is 0 Å². The van der Waals surface area contributed by atoms with Crippen molar-refractivity contribution in [2.45, 2.75) is 13.0 Å². The van der Waals surface area contributed by atoms with E-state index in [0.29, 0.717) is 13.0 Å². The first-order valence-electron chi connectivity index (χ1n) is 6.07. The summed E-state index contributed by atoms with van der Waals surface area (Å²) >= 11 is 1.65. The smallest absolute Gasteiger partial charge is 0.227 e. The molecule has 0 radical (unpaired) electrons. The Hall–Kier alpha value is -1.81. The van der Waals surface area contributed by atoms with Crippen LogP contribution in [0.5, 0.6) is 5.75 Å². The van der Waals surface area contributed by atoms with E-state index in [0.717, 1.165) is 11.3 Å². The Kier molecular flexibility index (Phi) is 4.58. The van der Waals surface area contributed by atoms with E-state index in [-0.39, 0.29) is 5.91 Å². The number of carbonyl (C=O) groups is 1. The van der Waals surface area contributed by atoms with Crippen LogP contribution in [0.1, 0.15) is 11.1 Å². The maximum atomic E-state index is 12.2. The molecule has 100 valence electrons. The molecule has 0 aliphatic heterocycles. The molecular formula is C15H17NO2S. The molecule has 0 unspecified atom stereocenters. The quantitative estimate of drug-likeness (QED) is 0.839. The molecule has 0 atom stereocenters. The molecule has 0 aliphatic rings. The fraction of sp³-hybridized carbons (Fsp3) is 0.267. The standard InChI is InChI=1S/C15H17NO2S/c1-16(10-12-7-8-19-11-12)15(17)9-13-5-3-4-6-14(13)18-2/h3-8,11H,9-10H2,1-2H3. The Morgan fingerprint density at radius 2 is 2.11 bits per heavy atom. The highest BCUT2D eigenvalue weighted by atomic mass is 32.1. The van der Waals surface area contributed by atoms with E-state index in [2.05, 4.69) is 5.38 Å². The van der Waals surface area contributed by atoms with Crippen molar-refractivity contribution in [3.8, 4) is 5.75 Å². The second-order valence-corrected chi connectivity index (χ2v) is 5.15. The van der Waals surface area contributed by atoms with E-state index in [1.165, 1.54) is 5.56 Å². The highest BCUT2D eigenvalue weighted by Crippen LogP contribution is 2.18. The molecule has 0 saturated carbocycles. The molecule has 3 nitrogen and oxygen atoms in total. The predicted molar refractivity (Wildman–Crippen MR) is 77.5 cm³/mol. The number of hydrogen-bond donors (Lipinski definition) is 0. The maximum Gasteiger partial charge on any atom is 0.227 e. The Balaban J connectivity index is 2.00. The van der Waals surface area contributed by atoms with E-state index in [1.807, 2.05) is 42.8 Å². The number of carbonyl (C=O) groups excluding carboxylic acids is 1. The molecular weight excluding hydrogens is 258 g/mol. The van der Waals surface area contributed by atoms with Gasteiger partial charge in [-0.05, 0) is 28.5 Å². The zero-order chi connectivity index (χ0) is 13.7. The Labute approximate surface area is 117 Å². The minimum atomic E-state index is 0.0932. The zero-order valence-corrected chi connectivity index (χ0v) is 11.9. The number of likely N-dealkylation sites (N-methyl/N-ethyl adjacent to an activating group) is 1. The van der Waals surface area contributed by atoms with Gasteiger partial charge in [-0.2, -0.15) is 11.3 Å². The van der Waals surface area contributed by atoms with E-state index < -0.39 is 0 Å².